The highest BCUT2D eigenvalue weighted by Crippen LogP contribution is 2.35. The average Bonchev–Trinajstić information content (AvgIpc) is 2.55. The van der Waals surface area contributed by atoms with Gasteiger partial charge in [-0.15, -0.1) is 0 Å². The second-order valence-electron chi connectivity index (χ2n) is 4.96. The molecule has 0 spiro atoms. The minimum Gasteiger partial charge on any atom is -0.482 e. The number of amides is 1. The number of Topliss-reactive ketones (excluding diaryl/α,β-unsaturated/α-hetero) is 1. The first kappa shape index (κ1) is 16.0. The van der Waals surface area contributed by atoms with E-state index in [9.17, 15) is 14.4 Å². The van der Waals surface area contributed by atoms with Gasteiger partial charge in [0.15, 0.2) is 12.4 Å². The van der Waals surface area contributed by atoms with Gasteiger partial charge in [-0.1, -0.05) is 13.8 Å². The van der Waals surface area contributed by atoms with E-state index in [1.54, 1.807) is 32.0 Å². The lowest BCUT2D eigenvalue weighted by molar-refractivity contribution is -0.144. The van der Waals surface area contributed by atoms with Crippen LogP contribution in [0.4, 0.5) is 5.69 Å². The summed E-state index contributed by atoms with van der Waals surface area (Å²) in [7, 11) is 1.29. The Balaban J connectivity index is 2.50. The summed E-state index contributed by atoms with van der Waals surface area (Å²) in [6, 6.07) is 4.19. The lowest BCUT2D eigenvalue weighted by atomic mass is 10.0. The fraction of sp³-hybridized carbons (Fsp3) is 0.438. The molecule has 1 aromatic carbocycles. The van der Waals surface area contributed by atoms with Crippen LogP contribution in [0.5, 0.6) is 5.75 Å². The van der Waals surface area contributed by atoms with E-state index in [4.69, 9.17) is 9.47 Å². The predicted molar refractivity (Wildman–Crippen MR) is 80.1 cm³/mol. The number of carbonyl (C=O) groups is 3. The number of rotatable bonds is 5. The second-order valence-corrected chi connectivity index (χ2v) is 4.96. The molecule has 1 unspecified atom stereocenters. The number of anilines is 1. The number of ether oxygens (including phenoxy) is 2. The number of benzene rings is 1. The molecule has 2 rings (SSSR count). The zero-order chi connectivity index (χ0) is 16.3. The van der Waals surface area contributed by atoms with Gasteiger partial charge in [-0.2, -0.15) is 0 Å². The Morgan fingerprint density at radius 3 is 2.68 bits per heavy atom. The summed E-state index contributed by atoms with van der Waals surface area (Å²) in [6.07, 6.45) is 0.769. The molecule has 1 aliphatic rings. The van der Waals surface area contributed by atoms with E-state index in [0.717, 1.165) is 0 Å². The summed E-state index contributed by atoms with van der Waals surface area (Å²) in [6.45, 7) is 3.43. The zero-order valence-electron chi connectivity index (χ0n) is 12.9. The van der Waals surface area contributed by atoms with E-state index < -0.39 is 12.0 Å². The van der Waals surface area contributed by atoms with Crippen molar-refractivity contribution in [1.82, 2.24) is 0 Å². The summed E-state index contributed by atoms with van der Waals surface area (Å²) < 4.78 is 10.2. The van der Waals surface area contributed by atoms with Gasteiger partial charge >= 0.3 is 5.97 Å². The first-order chi connectivity index (χ1) is 10.5. The van der Waals surface area contributed by atoms with Crippen molar-refractivity contribution >= 4 is 23.3 Å². The van der Waals surface area contributed by atoms with E-state index in [2.05, 4.69) is 0 Å². The Morgan fingerprint density at radius 2 is 2.09 bits per heavy atom. The molecular weight excluding hydrogens is 286 g/mol. The van der Waals surface area contributed by atoms with Crippen LogP contribution in [0.15, 0.2) is 18.2 Å². The smallest absolute Gasteiger partial charge is 0.328 e. The molecule has 0 aromatic heterocycles. The zero-order valence-corrected chi connectivity index (χ0v) is 12.9. The molecule has 1 heterocycles. The van der Waals surface area contributed by atoms with Crippen LogP contribution in [0.1, 0.15) is 37.0 Å². The van der Waals surface area contributed by atoms with Crippen LogP contribution in [-0.2, 0) is 14.3 Å². The van der Waals surface area contributed by atoms with Crippen LogP contribution in [-0.4, -0.2) is 37.4 Å². The van der Waals surface area contributed by atoms with Gasteiger partial charge in [0.05, 0.1) is 12.8 Å². The largest absolute Gasteiger partial charge is 0.482 e. The van der Waals surface area contributed by atoms with Crippen molar-refractivity contribution in [3.05, 3.63) is 23.8 Å². The van der Waals surface area contributed by atoms with E-state index >= 15 is 0 Å². The number of esters is 1. The maximum absolute atomic E-state index is 12.2. The summed E-state index contributed by atoms with van der Waals surface area (Å²) in [5.41, 5.74) is 0.928. The molecule has 1 aliphatic heterocycles. The highest BCUT2D eigenvalue weighted by molar-refractivity contribution is 6.05. The number of carbonyl (C=O) groups excluding carboxylic acids is 3. The Morgan fingerprint density at radius 1 is 1.36 bits per heavy atom. The summed E-state index contributed by atoms with van der Waals surface area (Å²) >= 11 is 0. The molecule has 118 valence electrons. The Hall–Kier alpha value is -2.37. The molecule has 0 bridgehead atoms. The van der Waals surface area contributed by atoms with Crippen LogP contribution in [0.25, 0.3) is 0 Å². The molecule has 1 aromatic rings. The quantitative estimate of drug-likeness (QED) is 0.614. The topological polar surface area (TPSA) is 72.9 Å². The van der Waals surface area contributed by atoms with Crippen molar-refractivity contribution in [2.45, 2.75) is 32.7 Å². The molecule has 0 saturated heterocycles. The highest BCUT2D eigenvalue weighted by Gasteiger charge is 2.35. The van der Waals surface area contributed by atoms with Crippen molar-refractivity contribution in [3.63, 3.8) is 0 Å². The van der Waals surface area contributed by atoms with Gasteiger partial charge in [-0.3, -0.25) is 14.5 Å². The molecule has 22 heavy (non-hydrogen) atoms. The summed E-state index contributed by atoms with van der Waals surface area (Å²) in [4.78, 5) is 37.4. The third-order valence-electron chi connectivity index (χ3n) is 3.65. The van der Waals surface area contributed by atoms with Crippen LogP contribution >= 0.6 is 0 Å². The highest BCUT2D eigenvalue weighted by atomic mass is 16.5. The first-order valence-electron chi connectivity index (χ1n) is 7.23. The number of methoxy groups -OCH3 is 1. The normalized spacial score (nSPS) is 14.9. The fourth-order valence-corrected chi connectivity index (χ4v) is 2.48. The average molecular weight is 305 g/mol. The molecule has 0 fully saturated rings. The molecule has 0 N–H and O–H groups in total. The number of ketones is 1. The fourth-order valence-electron chi connectivity index (χ4n) is 2.48. The molecule has 6 nitrogen and oxygen atoms in total. The summed E-state index contributed by atoms with van der Waals surface area (Å²) in [5, 5.41) is 0. The van der Waals surface area contributed by atoms with Gasteiger partial charge in [0, 0.05) is 12.0 Å². The number of fused-ring (bicyclic) bond motifs is 1. The van der Waals surface area contributed by atoms with E-state index in [1.165, 1.54) is 12.0 Å². The van der Waals surface area contributed by atoms with Gasteiger partial charge in [0.25, 0.3) is 5.91 Å². The van der Waals surface area contributed by atoms with E-state index in [0.29, 0.717) is 29.8 Å². The molecule has 0 saturated carbocycles. The van der Waals surface area contributed by atoms with Gasteiger partial charge in [0.1, 0.15) is 11.8 Å². The lowest BCUT2D eigenvalue weighted by Crippen LogP contribution is -2.49. The third kappa shape index (κ3) is 2.81. The second kappa shape index (κ2) is 6.60. The van der Waals surface area contributed by atoms with E-state index in [1.807, 2.05) is 0 Å². The predicted octanol–water partition coefficient (Wildman–Crippen LogP) is 1.96. The molecule has 0 radical (unpaired) electrons. The summed E-state index contributed by atoms with van der Waals surface area (Å²) in [5.74, 6) is -0.372. The third-order valence-corrected chi connectivity index (χ3v) is 3.65. The maximum atomic E-state index is 12.2. The number of hydrogen-bond acceptors (Lipinski definition) is 5. The standard InChI is InChI=1S/C16H19NO5/c1-4-11(16(20)21-3)17-12-8-10(13(18)5-2)6-7-14(12)22-9-15(17)19/h6-8,11H,4-5,9H2,1-3H3. The van der Waals surface area contributed by atoms with Crippen LogP contribution in [0.2, 0.25) is 0 Å². The monoisotopic (exact) mass is 305 g/mol. The SMILES string of the molecule is CCC(=O)c1ccc2c(c1)N(C(CC)C(=O)OC)C(=O)CO2. The van der Waals surface area contributed by atoms with Crippen molar-refractivity contribution in [2.24, 2.45) is 0 Å². The molecule has 6 heteroatoms. The van der Waals surface area contributed by atoms with Gasteiger partial charge in [0.2, 0.25) is 0 Å². The maximum Gasteiger partial charge on any atom is 0.328 e. The Bertz CT molecular complexity index is 611. The van der Waals surface area contributed by atoms with Crippen LogP contribution < -0.4 is 9.64 Å². The molecule has 0 aliphatic carbocycles. The van der Waals surface area contributed by atoms with Gasteiger partial charge in [-0.05, 0) is 24.6 Å². The number of nitrogens with zero attached hydrogens (tertiary/aromatic N) is 1. The Labute approximate surface area is 129 Å². The minimum atomic E-state index is -0.730. The molecular formula is C16H19NO5. The van der Waals surface area contributed by atoms with Gasteiger partial charge < -0.3 is 9.47 Å². The van der Waals surface area contributed by atoms with Crippen molar-refractivity contribution in [3.8, 4) is 5.75 Å². The van der Waals surface area contributed by atoms with Crippen LogP contribution in [0, 0.1) is 0 Å². The van der Waals surface area contributed by atoms with Crippen molar-refractivity contribution < 1.29 is 23.9 Å². The molecule has 1 atom stereocenters. The van der Waals surface area contributed by atoms with Crippen LogP contribution in [0.3, 0.4) is 0 Å². The minimum absolute atomic E-state index is 0.0353. The Kier molecular flexibility index (Phi) is 4.80. The lowest BCUT2D eigenvalue weighted by Gasteiger charge is -2.34. The van der Waals surface area contributed by atoms with E-state index in [-0.39, 0.29) is 18.3 Å². The van der Waals surface area contributed by atoms with Crippen molar-refractivity contribution in [2.75, 3.05) is 18.6 Å². The molecule has 1 amide bonds. The first-order valence-corrected chi connectivity index (χ1v) is 7.23. The number of hydrogen-bond donors (Lipinski definition) is 0. The van der Waals surface area contributed by atoms with Crippen molar-refractivity contribution in [1.29, 1.82) is 0 Å². The van der Waals surface area contributed by atoms with Gasteiger partial charge in [-0.25, -0.2) is 4.79 Å².